The van der Waals surface area contributed by atoms with Crippen molar-refractivity contribution in [1.82, 2.24) is 4.98 Å². The molecular formula is C12H14N2O4S. The number of rotatable bonds is 4. The van der Waals surface area contributed by atoms with Crippen LogP contribution in [0.25, 0.3) is 0 Å². The van der Waals surface area contributed by atoms with Gasteiger partial charge in [0.2, 0.25) is 0 Å². The van der Waals surface area contributed by atoms with E-state index in [1.807, 2.05) is 0 Å². The SMILES string of the molecule is Cc1cnccc1NS(=O)(=O)c1cc(CO)oc1C. The molecule has 0 aliphatic rings. The molecular weight excluding hydrogens is 268 g/mol. The topological polar surface area (TPSA) is 92.4 Å². The number of aliphatic hydroxyl groups is 1. The largest absolute Gasteiger partial charge is 0.462 e. The lowest BCUT2D eigenvalue weighted by atomic mass is 10.3. The summed E-state index contributed by atoms with van der Waals surface area (Å²) in [6, 6.07) is 2.89. The fraction of sp³-hybridized carbons (Fsp3) is 0.250. The van der Waals surface area contributed by atoms with Gasteiger partial charge in [-0.15, -0.1) is 0 Å². The maximum absolute atomic E-state index is 12.2. The van der Waals surface area contributed by atoms with Gasteiger partial charge in [-0.3, -0.25) is 9.71 Å². The molecule has 6 nitrogen and oxygen atoms in total. The van der Waals surface area contributed by atoms with Gasteiger partial charge in [-0.2, -0.15) is 0 Å². The highest BCUT2D eigenvalue weighted by Gasteiger charge is 2.21. The second-order valence-corrected chi connectivity index (χ2v) is 5.74. The summed E-state index contributed by atoms with van der Waals surface area (Å²) < 4.78 is 32.1. The van der Waals surface area contributed by atoms with E-state index in [1.54, 1.807) is 19.2 Å². The van der Waals surface area contributed by atoms with Crippen molar-refractivity contribution < 1.29 is 17.9 Å². The first kappa shape index (κ1) is 13.6. The minimum atomic E-state index is -3.74. The van der Waals surface area contributed by atoms with Crippen LogP contribution in [0.2, 0.25) is 0 Å². The summed E-state index contributed by atoms with van der Waals surface area (Å²) in [5, 5.41) is 8.96. The Balaban J connectivity index is 2.38. The normalized spacial score (nSPS) is 11.5. The van der Waals surface area contributed by atoms with Gasteiger partial charge in [-0.1, -0.05) is 0 Å². The fourth-order valence-corrected chi connectivity index (χ4v) is 2.99. The Morgan fingerprint density at radius 2 is 2.16 bits per heavy atom. The summed E-state index contributed by atoms with van der Waals surface area (Å²) in [5.74, 6) is 0.451. The van der Waals surface area contributed by atoms with Crippen LogP contribution in [0, 0.1) is 13.8 Å². The summed E-state index contributed by atoms with van der Waals surface area (Å²) in [7, 11) is -3.74. The molecule has 0 aliphatic heterocycles. The van der Waals surface area contributed by atoms with Crippen LogP contribution in [-0.4, -0.2) is 18.5 Å². The number of furan rings is 1. The van der Waals surface area contributed by atoms with E-state index in [9.17, 15) is 8.42 Å². The number of hydrogen-bond donors (Lipinski definition) is 2. The molecule has 102 valence electrons. The molecule has 2 N–H and O–H groups in total. The first-order valence-corrected chi connectivity index (χ1v) is 7.06. The van der Waals surface area contributed by atoms with Gasteiger partial charge in [-0.05, 0) is 25.5 Å². The van der Waals surface area contributed by atoms with Crippen LogP contribution in [-0.2, 0) is 16.6 Å². The third kappa shape index (κ3) is 2.77. The maximum Gasteiger partial charge on any atom is 0.265 e. The highest BCUT2D eigenvalue weighted by atomic mass is 32.2. The van der Waals surface area contributed by atoms with Crippen molar-refractivity contribution in [1.29, 1.82) is 0 Å². The van der Waals surface area contributed by atoms with Gasteiger partial charge >= 0.3 is 0 Å². The molecule has 7 heteroatoms. The van der Waals surface area contributed by atoms with Crippen molar-refractivity contribution in [3.05, 3.63) is 41.6 Å². The number of aromatic nitrogens is 1. The number of nitrogens with zero attached hydrogens (tertiary/aromatic N) is 1. The van der Waals surface area contributed by atoms with Gasteiger partial charge in [0.25, 0.3) is 10.0 Å². The number of nitrogens with one attached hydrogen (secondary N) is 1. The number of aliphatic hydroxyl groups excluding tert-OH is 1. The van der Waals surface area contributed by atoms with E-state index in [2.05, 4.69) is 9.71 Å². The van der Waals surface area contributed by atoms with Crippen LogP contribution in [0.1, 0.15) is 17.1 Å². The maximum atomic E-state index is 12.2. The van der Waals surface area contributed by atoms with Gasteiger partial charge in [0, 0.05) is 18.5 Å². The number of anilines is 1. The van der Waals surface area contributed by atoms with E-state index in [4.69, 9.17) is 9.52 Å². The molecule has 0 spiro atoms. The van der Waals surface area contributed by atoms with Gasteiger partial charge in [-0.25, -0.2) is 8.42 Å². The molecule has 0 unspecified atom stereocenters. The summed E-state index contributed by atoms with van der Waals surface area (Å²) >= 11 is 0. The molecule has 0 aliphatic carbocycles. The van der Waals surface area contributed by atoms with E-state index >= 15 is 0 Å². The predicted octanol–water partition coefficient (Wildman–Crippen LogP) is 1.58. The van der Waals surface area contributed by atoms with Crippen molar-refractivity contribution in [2.24, 2.45) is 0 Å². The van der Waals surface area contributed by atoms with Gasteiger partial charge < -0.3 is 9.52 Å². The van der Waals surface area contributed by atoms with Gasteiger partial charge in [0.1, 0.15) is 23.0 Å². The van der Waals surface area contributed by atoms with E-state index in [1.165, 1.54) is 19.2 Å². The molecule has 0 radical (unpaired) electrons. The number of pyridine rings is 1. The monoisotopic (exact) mass is 282 g/mol. The van der Waals surface area contributed by atoms with Crippen LogP contribution in [0.15, 0.2) is 33.8 Å². The molecule has 2 heterocycles. The second-order valence-electron chi connectivity index (χ2n) is 4.09. The Kier molecular flexibility index (Phi) is 3.59. The van der Waals surface area contributed by atoms with E-state index in [0.29, 0.717) is 5.69 Å². The number of sulfonamides is 1. The average molecular weight is 282 g/mol. The standard InChI is InChI=1S/C12H14N2O4S/c1-8-6-13-4-3-11(8)14-19(16,17)12-5-10(7-15)18-9(12)2/h3-6,15H,7H2,1-2H3,(H,13,14). The van der Waals surface area contributed by atoms with Crippen molar-refractivity contribution in [3.8, 4) is 0 Å². The predicted molar refractivity (Wildman–Crippen MR) is 69.2 cm³/mol. The molecule has 0 saturated heterocycles. The van der Waals surface area contributed by atoms with Gasteiger partial charge in [0.15, 0.2) is 0 Å². The molecule has 19 heavy (non-hydrogen) atoms. The smallest absolute Gasteiger partial charge is 0.265 e. The van der Waals surface area contributed by atoms with Crippen LogP contribution in [0.3, 0.4) is 0 Å². The molecule has 0 fully saturated rings. The van der Waals surface area contributed by atoms with Crippen LogP contribution in [0.5, 0.6) is 0 Å². The van der Waals surface area contributed by atoms with Gasteiger partial charge in [0.05, 0.1) is 5.69 Å². The van der Waals surface area contributed by atoms with Crippen molar-refractivity contribution in [2.75, 3.05) is 4.72 Å². The number of hydrogen-bond acceptors (Lipinski definition) is 5. The van der Waals surface area contributed by atoms with Crippen LogP contribution < -0.4 is 4.72 Å². The second kappa shape index (κ2) is 5.02. The highest BCUT2D eigenvalue weighted by Crippen LogP contribution is 2.23. The molecule has 0 saturated carbocycles. The van der Waals surface area contributed by atoms with Crippen molar-refractivity contribution in [3.63, 3.8) is 0 Å². The highest BCUT2D eigenvalue weighted by molar-refractivity contribution is 7.92. The summed E-state index contributed by atoms with van der Waals surface area (Å²) in [5.41, 5.74) is 1.18. The Hall–Kier alpha value is -1.86. The third-order valence-corrected chi connectivity index (χ3v) is 4.11. The lowest BCUT2D eigenvalue weighted by Gasteiger charge is -2.08. The zero-order valence-electron chi connectivity index (χ0n) is 10.5. The molecule has 0 bridgehead atoms. The van der Waals surface area contributed by atoms with E-state index in [0.717, 1.165) is 5.56 Å². The fourth-order valence-electron chi connectivity index (χ4n) is 1.66. The Morgan fingerprint density at radius 3 is 2.74 bits per heavy atom. The van der Waals surface area contributed by atoms with Crippen LogP contribution in [0.4, 0.5) is 5.69 Å². The first-order chi connectivity index (χ1) is 8.94. The summed E-state index contributed by atoms with van der Waals surface area (Å²) in [4.78, 5) is 3.92. The zero-order chi connectivity index (χ0) is 14.0. The minimum absolute atomic E-state index is 0.0211. The van der Waals surface area contributed by atoms with Crippen molar-refractivity contribution >= 4 is 15.7 Å². The number of aryl methyl sites for hydroxylation is 2. The molecule has 2 aromatic rings. The first-order valence-electron chi connectivity index (χ1n) is 5.57. The molecule has 0 aromatic carbocycles. The third-order valence-electron chi connectivity index (χ3n) is 2.63. The van der Waals surface area contributed by atoms with Crippen LogP contribution >= 0.6 is 0 Å². The summed E-state index contributed by atoms with van der Waals surface area (Å²) in [6.07, 6.45) is 3.07. The quantitative estimate of drug-likeness (QED) is 0.888. The lowest BCUT2D eigenvalue weighted by Crippen LogP contribution is -2.14. The average Bonchev–Trinajstić information content (AvgIpc) is 2.74. The Labute approximate surface area is 111 Å². The Morgan fingerprint density at radius 1 is 1.42 bits per heavy atom. The molecule has 2 aromatic heterocycles. The van der Waals surface area contributed by atoms with E-state index in [-0.39, 0.29) is 23.0 Å². The molecule has 0 atom stereocenters. The lowest BCUT2D eigenvalue weighted by molar-refractivity contribution is 0.245. The Bertz CT molecular complexity index is 692. The molecule has 2 rings (SSSR count). The van der Waals surface area contributed by atoms with E-state index < -0.39 is 10.0 Å². The summed E-state index contributed by atoms with van der Waals surface area (Å²) in [6.45, 7) is 2.95. The minimum Gasteiger partial charge on any atom is -0.462 e. The molecule has 0 amide bonds. The zero-order valence-corrected chi connectivity index (χ0v) is 11.4. The van der Waals surface area contributed by atoms with Crippen molar-refractivity contribution in [2.45, 2.75) is 25.3 Å².